The Morgan fingerprint density at radius 1 is 1.10 bits per heavy atom. The van der Waals surface area contributed by atoms with E-state index < -0.39 is 22.5 Å². The molecule has 3 rings (SSSR count). The van der Waals surface area contributed by atoms with Crippen LogP contribution in [0.2, 0.25) is 0 Å². The summed E-state index contributed by atoms with van der Waals surface area (Å²) in [7, 11) is 0. The monoisotopic (exact) mass is 270 g/mol. The van der Waals surface area contributed by atoms with Crippen molar-refractivity contribution in [1.29, 1.82) is 21.2 Å². The molecule has 3 unspecified atom stereocenters. The van der Waals surface area contributed by atoms with Crippen LogP contribution in [0.15, 0.2) is 0 Å². The summed E-state index contributed by atoms with van der Waals surface area (Å²) in [5, 5.41) is 36.8. The topological polar surface area (TPSA) is 114 Å². The summed E-state index contributed by atoms with van der Waals surface area (Å²) in [6.07, 6.45) is 4.05. The highest BCUT2D eigenvalue weighted by Crippen LogP contribution is 2.63. The van der Waals surface area contributed by atoms with Gasteiger partial charge >= 0.3 is 0 Å². The summed E-state index contributed by atoms with van der Waals surface area (Å²) in [6, 6.07) is 5.97. The van der Waals surface area contributed by atoms with E-state index in [2.05, 4.69) is 6.07 Å². The van der Waals surface area contributed by atoms with E-state index >= 15 is 0 Å². The fourth-order valence-corrected chi connectivity index (χ4v) is 3.90. The Labute approximate surface area is 117 Å². The van der Waals surface area contributed by atoms with Crippen LogP contribution in [0.4, 0.5) is 0 Å². The van der Waals surface area contributed by atoms with Gasteiger partial charge in [-0.2, -0.15) is 15.8 Å². The van der Waals surface area contributed by atoms with Crippen LogP contribution in [0, 0.1) is 56.2 Å². The molecule has 20 heavy (non-hydrogen) atoms. The zero-order valence-electron chi connectivity index (χ0n) is 11.0. The first-order valence-electron chi connectivity index (χ1n) is 6.76. The van der Waals surface area contributed by atoms with Gasteiger partial charge in [0.15, 0.2) is 10.8 Å². The molecule has 3 aliphatic rings. The predicted molar refractivity (Wildman–Crippen MR) is 65.8 cm³/mol. The zero-order valence-corrected chi connectivity index (χ0v) is 11.0. The van der Waals surface area contributed by atoms with Crippen molar-refractivity contribution in [3.05, 3.63) is 0 Å². The van der Waals surface area contributed by atoms with Gasteiger partial charge in [0.1, 0.15) is 0 Å². The van der Waals surface area contributed by atoms with Crippen molar-refractivity contribution in [1.82, 2.24) is 0 Å². The minimum atomic E-state index is -1.66. The van der Waals surface area contributed by atoms with E-state index in [4.69, 9.17) is 14.9 Å². The third-order valence-corrected chi connectivity index (χ3v) is 4.97. The SMILES string of the molecule is N#CC1(C#N)COC23CCCCCC2C1(C#N)C(=N)O3. The summed E-state index contributed by atoms with van der Waals surface area (Å²) in [5.74, 6) is -1.67. The molecule has 0 aromatic rings. The molecule has 0 aromatic carbocycles. The number of hydrogen-bond donors (Lipinski definition) is 1. The number of ether oxygens (including phenoxy) is 2. The van der Waals surface area contributed by atoms with Crippen molar-refractivity contribution < 1.29 is 9.47 Å². The third-order valence-electron chi connectivity index (χ3n) is 4.97. The first kappa shape index (κ1) is 12.9. The molecule has 1 N–H and O–H groups in total. The number of rotatable bonds is 0. The molecule has 1 aliphatic carbocycles. The lowest BCUT2D eigenvalue weighted by atomic mass is 9.56. The first-order chi connectivity index (χ1) is 9.61. The molecule has 0 amide bonds. The Hall–Kier alpha value is -2.10. The van der Waals surface area contributed by atoms with Crippen LogP contribution in [-0.4, -0.2) is 18.3 Å². The van der Waals surface area contributed by atoms with Crippen molar-refractivity contribution in [3.8, 4) is 18.2 Å². The maximum Gasteiger partial charge on any atom is 0.217 e. The fourth-order valence-electron chi connectivity index (χ4n) is 3.90. The maximum atomic E-state index is 9.74. The minimum absolute atomic E-state index is 0.174. The van der Waals surface area contributed by atoms with Gasteiger partial charge < -0.3 is 9.47 Å². The van der Waals surface area contributed by atoms with Crippen molar-refractivity contribution in [2.75, 3.05) is 6.61 Å². The minimum Gasteiger partial charge on any atom is -0.447 e. The fraction of sp³-hybridized carbons (Fsp3) is 0.714. The normalized spacial score (nSPS) is 41.2. The lowest BCUT2D eigenvalue weighted by molar-refractivity contribution is -0.249. The summed E-state index contributed by atoms with van der Waals surface area (Å²) in [6.45, 7) is -0.174. The van der Waals surface area contributed by atoms with Crippen molar-refractivity contribution >= 4 is 5.90 Å². The van der Waals surface area contributed by atoms with Gasteiger partial charge in [-0.15, -0.1) is 0 Å². The molecular formula is C14H14N4O2. The van der Waals surface area contributed by atoms with Gasteiger partial charge in [0.05, 0.1) is 30.7 Å². The van der Waals surface area contributed by atoms with Crippen LogP contribution in [0.3, 0.4) is 0 Å². The zero-order chi connectivity index (χ0) is 14.4. The molecule has 6 nitrogen and oxygen atoms in total. The van der Waals surface area contributed by atoms with Crippen molar-refractivity contribution in [3.63, 3.8) is 0 Å². The van der Waals surface area contributed by atoms with E-state index in [1.54, 1.807) is 0 Å². The third kappa shape index (κ3) is 1.17. The molecule has 0 spiro atoms. The molecule has 2 aliphatic heterocycles. The van der Waals surface area contributed by atoms with Gasteiger partial charge in [-0.3, -0.25) is 5.41 Å². The molecular weight excluding hydrogens is 256 g/mol. The highest BCUT2D eigenvalue weighted by atomic mass is 16.7. The summed E-state index contributed by atoms with van der Waals surface area (Å²) < 4.78 is 11.4. The molecule has 2 saturated heterocycles. The van der Waals surface area contributed by atoms with E-state index in [0.29, 0.717) is 12.8 Å². The van der Waals surface area contributed by atoms with Gasteiger partial charge in [-0.1, -0.05) is 12.8 Å². The standard InChI is InChI=1S/C14H14N4O2/c15-6-12(7-16)9-19-14-5-3-1-2-4-10(14)13(12,8-17)11(18)20-14/h10,18H,1-5,9H2. The predicted octanol–water partition coefficient (Wildman–Crippen LogP) is 1.84. The van der Waals surface area contributed by atoms with Crippen LogP contribution >= 0.6 is 0 Å². The molecule has 0 aromatic heterocycles. The highest BCUT2D eigenvalue weighted by molar-refractivity contribution is 5.88. The summed E-state index contributed by atoms with van der Waals surface area (Å²) in [5.41, 5.74) is -3.16. The molecule has 2 heterocycles. The Kier molecular flexibility index (Phi) is 2.55. The van der Waals surface area contributed by atoms with Crippen LogP contribution in [-0.2, 0) is 9.47 Å². The Morgan fingerprint density at radius 3 is 2.50 bits per heavy atom. The van der Waals surface area contributed by atoms with Crippen LogP contribution in [0.1, 0.15) is 32.1 Å². The van der Waals surface area contributed by atoms with Gasteiger partial charge in [0, 0.05) is 6.42 Å². The largest absolute Gasteiger partial charge is 0.447 e. The number of nitrogens with one attached hydrogen (secondary N) is 1. The van der Waals surface area contributed by atoms with Crippen LogP contribution in [0.25, 0.3) is 0 Å². The average molecular weight is 270 g/mol. The first-order valence-corrected chi connectivity index (χ1v) is 6.76. The van der Waals surface area contributed by atoms with E-state index in [-0.39, 0.29) is 12.5 Å². The molecule has 3 fully saturated rings. The van der Waals surface area contributed by atoms with E-state index in [1.807, 2.05) is 12.1 Å². The quantitative estimate of drug-likeness (QED) is 0.721. The molecule has 2 bridgehead atoms. The lowest BCUT2D eigenvalue weighted by Crippen LogP contribution is -2.58. The summed E-state index contributed by atoms with van der Waals surface area (Å²) >= 11 is 0. The number of nitrogens with zero attached hydrogens (tertiary/aromatic N) is 3. The lowest BCUT2D eigenvalue weighted by Gasteiger charge is -2.44. The Morgan fingerprint density at radius 2 is 1.85 bits per heavy atom. The van der Waals surface area contributed by atoms with E-state index in [0.717, 1.165) is 19.3 Å². The molecule has 3 atom stereocenters. The second-order valence-corrected chi connectivity index (χ2v) is 5.73. The van der Waals surface area contributed by atoms with Crippen LogP contribution < -0.4 is 0 Å². The maximum absolute atomic E-state index is 9.74. The van der Waals surface area contributed by atoms with Crippen molar-refractivity contribution in [2.45, 2.75) is 37.9 Å². The van der Waals surface area contributed by atoms with Crippen LogP contribution in [0.5, 0.6) is 0 Å². The number of hydrogen-bond acceptors (Lipinski definition) is 6. The van der Waals surface area contributed by atoms with E-state index in [1.165, 1.54) is 0 Å². The molecule has 6 heteroatoms. The van der Waals surface area contributed by atoms with Crippen molar-refractivity contribution in [2.24, 2.45) is 16.7 Å². The summed E-state index contributed by atoms with van der Waals surface area (Å²) in [4.78, 5) is 0. The second-order valence-electron chi connectivity index (χ2n) is 5.73. The van der Waals surface area contributed by atoms with Gasteiger partial charge in [0.2, 0.25) is 11.7 Å². The van der Waals surface area contributed by atoms with Gasteiger partial charge in [0.25, 0.3) is 0 Å². The van der Waals surface area contributed by atoms with Gasteiger partial charge in [-0.05, 0) is 12.8 Å². The highest BCUT2D eigenvalue weighted by Gasteiger charge is 2.76. The second kappa shape index (κ2) is 3.95. The Bertz CT molecular complexity index is 582. The smallest absolute Gasteiger partial charge is 0.217 e. The van der Waals surface area contributed by atoms with Gasteiger partial charge in [-0.25, -0.2) is 0 Å². The average Bonchev–Trinajstić information content (AvgIpc) is 2.63. The molecule has 1 saturated carbocycles. The van der Waals surface area contributed by atoms with E-state index in [9.17, 15) is 15.8 Å². The number of nitriles is 3. The molecule has 102 valence electrons. The Balaban J connectivity index is 2.23. The molecule has 0 radical (unpaired) electrons.